The van der Waals surface area contributed by atoms with Gasteiger partial charge in [-0.15, -0.1) is 0 Å². The fourth-order valence-electron chi connectivity index (χ4n) is 4.50. The van der Waals surface area contributed by atoms with Gasteiger partial charge in [-0.25, -0.2) is 9.97 Å². The van der Waals surface area contributed by atoms with Crippen molar-refractivity contribution in [3.8, 4) is 11.3 Å². The third-order valence-corrected chi connectivity index (χ3v) is 5.93. The highest BCUT2D eigenvalue weighted by Crippen LogP contribution is 2.38. The van der Waals surface area contributed by atoms with Crippen LogP contribution < -0.4 is 0 Å². The Morgan fingerprint density at radius 3 is 2.37 bits per heavy atom. The van der Waals surface area contributed by atoms with Crippen molar-refractivity contribution < 1.29 is 4.42 Å². The summed E-state index contributed by atoms with van der Waals surface area (Å²) in [6, 6.07) is 25.5. The van der Waals surface area contributed by atoms with Crippen molar-refractivity contribution >= 4 is 43.6 Å². The third kappa shape index (κ3) is 2.45. The molecule has 4 aromatic carbocycles. The molecule has 0 saturated carbocycles. The molecule has 6 aromatic rings. The second-order valence-corrected chi connectivity index (χ2v) is 8.10. The molecule has 30 heavy (non-hydrogen) atoms. The van der Waals surface area contributed by atoms with E-state index in [-0.39, 0.29) is 0 Å². The Morgan fingerprint density at radius 2 is 1.53 bits per heavy atom. The molecule has 0 aliphatic carbocycles. The van der Waals surface area contributed by atoms with Crippen molar-refractivity contribution in [3.05, 3.63) is 84.7 Å². The summed E-state index contributed by atoms with van der Waals surface area (Å²) >= 11 is 0. The monoisotopic (exact) mass is 388 g/mol. The predicted molar refractivity (Wildman–Crippen MR) is 124 cm³/mol. The number of benzene rings is 4. The normalized spacial score (nSPS) is 12.0. The first kappa shape index (κ1) is 17.2. The molecule has 0 N–H and O–H groups in total. The van der Waals surface area contributed by atoms with E-state index in [1.54, 1.807) is 6.33 Å². The van der Waals surface area contributed by atoms with Gasteiger partial charge >= 0.3 is 0 Å². The highest BCUT2D eigenvalue weighted by molar-refractivity contribution is 6.18. The minimum Gasteiger partial charge on any atom is -0.452 e. The van der Waals surface area contributed by atoms with Gasteiger partial charge in [0, 0.05) is 5.56 Å². The second-order valence-electron chi connectivity index (χ2n) is 8.10. The standard InChI is InChI=1S/C27H20N2O/c1-16(2)22-14-19(13-18-8-4-5-9-20(18)22)25-27-26(29-15-28-25)24-21-10-6-3-7-17(21)11-12-23(24)30-27/h3-16H,1-2H3. The minimum absolute atomic E-state index is 0.409. The third-order valence-electron chi connectivity index (χ3n) is 5.93. The average molecular weight is 388 g/mol. The van der Waals surface area contributed by atoms with Crippen LogP contribution in [0.2, 0.25) is 0 Å². The molecule has 0 aliphatic heterocycles. The molecule has 0 bridgehead atoms. The lowest BCUT2D eigenvalue weighted by Gasteiger charge is -2.13. The number of nitrogens with zero attached hydrogens (tertiary/aromatic N) is 2. The summed E-state index contributed by atoms with van der Waals surface area (Å²) < 4.78 is 6.33. The summed E-state index contributed by atoms with van der Waals surface area (Å²) in [7, 11) is 0. The molecular formula is C27H20N2O. The van der Waals surface area contributed by atoms with E-state index in [1.165, 1.54) is 21.7 Å². The molecule has 0 fully saturated rings. The number of hydrogen-bond donors (Lipinski definition) is 0. The molecule has 0 radical (unpaired) electrons. The van der Waals surface area contributed by atoms with Crippen LogP contribution in [0.4, 0.5) is 0 Å². The predicted octanol–water partition coefficient (Wildman–Crippen LogP) is 7.47. The van der Waals surface area contributed by atoms with E-state index < -0.39 is 0 Å². The first-order chi connectivity index (χ1) is 14.7. The number of furan rings is 1. The van der Waals surface area contributed by atoms with Crippen molar-refractivity contribution in [2.75, 3.05) is 0 Å². The maximum atomic E-state index is 6.33. The van der Waals surface area contributed by atoms with Gasteiger partial charge in [0.25, 0.3) is 0 Å². The topological polar surface area (TPSA) is 38.9 Å². The van der Waals surface area contributed by atoms with E-state index in [1.807, 2.05) is 6.07 Å². The van der Waals surface area contributed by atoms with Crippen LogP contribution in [0, 0.1) is 0 Å². The molecule has 0 amide bonds. The molecular weight excluding hydrogens is 368 g/mol. The van der Waals surface area contributed by atoms with Crippen molar-refractivity contribution in [2.45, 2.75) is 19.8 Å². The summed E-state index contributed by atoms with van der Waals surface area (Å²) in [4.78, 5) is 9.28. The number of aromatic nitrogens is 2. The van der Waals surface area contributed by atoms with Gasteiger partial charge in [-0.05, 0) is 51.2 Å². The van der Waals surface area contributed by atoms with Crippen molar-refractivity contribution in [1.82, 2.24) is 9.97 Å². The van der Waals surface area contributed by atoms with Gasteiger partial charge in [-0.1, -0.05) is 68.4 Å². The van der Waals surface area contributed by atoms with Gasteiger partial charge in [-0.3, -0.25) is 0 Å². The number of fused-ring (bicyclic) bond motifs is 6. The van der Waals surface area contributed by atoms with Crippen LogP contribution in [0.3, 0.4) is 0 Å². The zero-order valence-corrected chi connectivity index (χ0v) is 16.9. The molecule has 144 valence electrons. The molecule has 0 saturated heterocycles. The first-order valence-electron chi connectivity index (χ1n) is 10.3. The van der Waals surface area contributed by atoms with E-state index in [0.29, 0.717) is 5.92 Å². The summed E-state index contributed by atoms with van der Waals surface area (Å²) in [5, 5.41) is 5.89. The molecule has 6 rings (SSSR count). The van der Waals surface area contributed by atoms with Crippen molar-refractivity contribution in [2.24, 2.45) is 0 Å². The largest absolute Gasteiger partial charge is 0.452 e. The second kappa shape index (κ2) is 6.39. The molecule has 0 unspecified atom stereocenters. The zero-order valence-electron chi connectivity index (χ0n) is 16.9. The fraction of sp³-hybridized carbons (Fsp3) is 0.111. The molecule has 3 nitrogen and oxygen atoms in total. The average Bonchev–Trinajstić information content (AvgIpc) is 3.17. The maximum absolute atomic E-state index is 6.33. The zero-order chi connectivity index (χ0) is 20.2. The van der Waals surface area contributed by atoms with E-state index in [0.717, 1.165) is 38.7 Å². The highest BCUT2D eigenvalue weighted by atomic mass is 16.3. The highest BCUT2D eigenvalue weighted by Gasteiger charge is 2.18. The van der Waals surface area contributed by atoms with Crippen LogP contribution >= 0.6 is 0 Å². The van der Waals surface area contributed by atoms with Gasteiger partial charge < -0.3 is 4.42 Å². The Morgan fingerprint density at radius 1 is 0.767 bits per heavy atom. The van der Waals surface area contributed by atoms with Gasteiger partial charge in [0.05, 0.1) is 5.39 Å². The minimum atomic E-state index is 0.409. The molecule has 2 aromatic heterocycles. The number of hydrogen-bond acceptors (Lipinski definition) is 3. The van der Waals surface area contributed by atoms with Crippen LogP contribution in [0.15, 0.2) is 83.5 Å². The lowest BCUT2D eigenvalue weighted by atomic mass is 9.92. The maximum Gasteiger partial charge on any atom is 0.180 e. The molecule has 0 aliphatic rings. The quantitative estimate of drug-likeness (QED) is 0.309. The smallest absolute Gasteiger partial charge is 0.180 e. The van der Waals surface area contributed by atoms with E-state index in [2.05, 4.69) is 90.5 Å². The summed E-state index contributed by atoms with van der Waals surface area (Å²) in [5.41, 5.74) is 5.67. The van der Waals surface area contributed by atoms with Gasteiger partial charge in [0.15, 0.2) is 5.58 Å². The first-order valence-corrected chi connectivity index (χ1v) is 10.3. The van der Waals surface area contributed by atoms with Crippen LogP contribution in [0.5, 0.6) is 0 Å². The van der Waals surface area contributed by atoms with Gasteiger partial charge in [-0.2, -0.15) is 0 Å². The molecule has 3 heteroatoms. The van der Waals surface area contributed by atoms with Crippen molar-refractivity contribution in [3.63, 3.8) is 0 Å². The van der Waals surface area contributed by atoms with Crippen LogP contribution in [-0.2, 0) is 0 Å². The Labute approximate surface area is 174 Å². The van der Waals surface area contributed by atoms with Crippen LogP contribution in [0.1, 0.15) is 25.3 Å². The lowest BCUT2D eigenvalue weighted by Crippen LogP contribution is -1.93. The van der Waals surface area contributed by atoms with E-state index in [4.69, 9.17) is 4.42 Å². The summed E-state index contributed by atoms with van der Waals surface area (Å²) in [5.74, 6) is 0.409. The van der Waals surface area contributed by atoms with Crippen LogP contribution in [0.25, 0.3) is 54.9 Å². The molecule has 0 atom stereocenters. The van der Waals surface area contributed by atoms with Crippen LogP contribution in [-0.4, -0.2) is 9.97 Å². The fourth-order valence-corrected chi connectivity index (χ4v) is 4.50. The Balaban J connectivity index is 1.71. The lowest BCUT2D eigenvalue weighted by molar-refractivity contribution is 0.667. The van der Waals surface area contributed by atoms with Crippen molar-refractivity contribution in [1.29, 1.82) is 0 Å². The summed E-state index contributed by atoms with van der Waals surface area (Å²) in [6.07, 6.45) is 1.65. The Hall–Kier alpha value is -3.72. The summed E-state index contributed by atoms with van der Waals surface area (Å²) in [6.45, 7) is 4.46. The molecule has 0 spiro atoms. The van der Waals surface area contributed by atoms with Gasteiger partial charge in [0.2, 0.25) is 0 Å². The van der Waals surface area contributed by atoms with E-state index >= 15 is 0 Å². The Bertz CT molecular complexity index is 1580. The number of rotatable bonds is 2. The SMILES string of the molecule is CC(C)c1cc(-c2ncnc3c2oc2ccc4ccccc4c23)cc2ccccc12. The van der Waals surface area contributed by atoms with E-state index in [9.17, 15) is 0 Å². The Kier molecular flexibility index (Phi) is 3.66. The molecule has 2 heterocycles. The van der Waals surface area contributed by atoms with Gasteiger partial charge in [0.1, 0.15) is 23.1 Å².